The van der Waals surface area contributed by atoms with Crippen molar-refractivity contribution in [3.63, 3.8) is 0 Å². The van der Waals surface area contributed by atoms with E-state index in [4.69, 9.17) is 16.3 Å². The highest BCUT2D eigenvalue weighted by molar-refractivity contribution is 6.31. The molecule has 0 radical (unpaired) electrons. The first-order valence-corrected chi connectivity index (χ1v) is 10.0. The van der Waals surface area contributed by atoms with Gasteiger partial charge in [-0.2, -0.15) is 0 Å². The number of nitrogens with one attached hydrogen (secondary N) is 2. The summed E-state index contributed by atoms with van der Waals surface area (Å²) in [5.74, 6) is 0.0451. The molecule has 142 valence electrons. The number of fused-ring (bicyclic) bond motifs is 1. The van der Waals surface area contributed by atoms with Gasteiger partial charge in [0.05, 0.1) is 5.41 Å². The van der Waals surface area contributed by atoms with Gasteiger partial charge in [-0.25, -0.2) is 0 Å². The molecule has 0 saturated carbocycles. The number of ether oxygens (including phenoxy) is 1. The second-order valence-corrected chi connectivity index (χ2v) is 7.75. The van der Waals surface area contributed by atoms with Gasteiger partial charge in [-0.3, -0.25) is 4.79 Å². The lowest BCUT2D eigenvalue weighted by Gasteiger charge is -2.37. The molecular formula is C22H25ClN2O2. The Labute approximate surface area is 165 Å². The number of halogens is 1. The third-order valence-electron chi connectivity index (χ3n) is 5.85. The largest absolute Gasteiger partial charge is 0.381 e. The molecule has 0 aromatic heterocycles. The van der Waals surface area contributed by atoms with Gasteiger partial charge in [0.15, 0.2) is 0 Å². The van der Waals surface area contributed by atoms with Crippen molar-refractivity contribution >= 4 is 17.5 Å². The maximum Gasteiger partial charge on any atom is 0.230 e. The minimum atomic E-state index is -0.620. The van der Waals surface area contributed by atoms with Crippen molar-refractivity contribution in [1.82, 2.24) is 10.6 Å². The monoisotopic (exact) mass is 384 g/mol. The topological polar surface area (TPSA) is 50.4 Å². The fourth-order valence-electron chi connectivity index (χ4n) is 4.33. The highest BCUT2D eigenvalue weighted by atomic mass is 35.5. The normalized spacial score (nSPS) is 21.3. The summed E-state index contributed by atoms with van der Waals surface area (Å²) in [6.45, 7) is 2.65. The van der Waals surface area contributed by atoms with Crippen LogP contribution in [-0.4, -0.2) is 32.2 Å². The number of hydrogen-bond acceptors (Lipinski definition) is 3. The first kappa shape index (κ1) is 18.5. The first-order chi connectivity index (χ1) is 13.2. The molecule has 2 N–H and O–H groups in total. The van der Waals surface area contributed by atoms with Crippen LogP contribution in [0.15, 0.2) is 48.5 Å². The summed E-state index contributed by atoms with van der Waals surface area (Å²) in [5, 5.41) is 7.39. The fourth-order valence-corrected chi connectivity index (χ4v) is 4.64. The summed E-state index contributed by atoms with van der Waals surface area (Å²) >= 11 is 6.47. The predicted octanol–water partition coefficient (Wildman–Crippen LogP) is 3.39. The zero-order valence-corrected chi connectivity index (χ0v) is 16.1. The van der Waals surface area contributed by atoms with Crippen LogP contribution in [0.3, 0.4) is 0 Å². The lowest BCUT2D eigenvalue weighted by atomic mass is 9.73. The van der Waals surface area contributed by atoms with Gasteiger partial charge in [0.1, 0.15) is 0 Å². The third kappa shape index (κ3) is 3.62. The second-order valence-electron chi connectivity index (χ2n) is 7.34. The van der Waals surface area contributed by atoms with Crippen LogP contribution in [-0.2, 0) is 21.4 Å². The Kier molecular flexibility index (Phi) is 5.48. The number of carbonyl (C=O) groups is 1. The molecule has 1 unspecified atom stereocenters. The van der Waals surface area contributed by atoms with Gasteiger partial charge in [0, 0.05) is 30.8 Å². The zero-order chi connectivity index (χ0) is 18.7. The van der Waals surface area contributed by atoms with E-state index in [1.165, 1.54) is 11.1 Å². The minimum Gasteiger partial charge on any atom is -0.381 e. The summed E-state index contributed by atoms with van der Waals surface area (Å²) < 4.78 is 5.54. The van der Waals surface area contributed by atoms with Crippen molar-refractivity contribution in [2.45, 2.75) is 30.7 Å². The molecule has 1 saturated heterocycles. The average molecular weight is 385 g/mol. The number of amides is 1. The van der Waals surface area contributed by atoms with Crippen LogP contribution in [0.4, 0.5) is 0 Å². The van der Waals surface area contributed by atoms with E-state index in [0.29, 0.717) is 37.6 Å². The molecule has 4 rings (SSSR count). The predicted molar refractivity (Wildman–Crippen MR) is 107 cm³/mol. The van der Waals surface area contributed by atoms with Crippen molar-refractivity contribution in [3.8, 4) is 0 Å². The molecule has 0 bridgehead atoms. The van der Waals surface area contributed by atoms with E-state index in [2.05, 4.69) is 34.9 Å². The van der Waals surface area contributed by atoms with Crippen LogP contribution >= 0.6 is 11.6 Å². The third-order valence-corrected chi connectivity index (χ3v) is 6.18. The zero-order valence-electron chi connectivity index (χ0n) is 15.3. The molecular weight excluding hydrogens is 360 g/mol. The Morgan fingerprint density at radius 3 is 2.70 bits per heavy atom. The molecule has 1 fully saturated rings. The second kappa shape index (κ2) is 8.01. The van der Waals surface area contributed by atoms with E-state index in [-0.39, 0.29) is 11.9 Å². The molecule has 5 heteroatoms. The summed E-state index contributed by atoms with van der Waals surface area (Å²) in [4.78, 5) is 13.4. The van der Waals surface area contributed by atoms with E-state index in [9.17, 15) is 4.79 Å². The number of rotatable bonds is 4. The lowest BCUT2D eigenvalue weighted by molar-refractivity contribution is -0.130. The summed E-state index contributed by atoms with van der Waals surface area (Å²) in [6.07, 6.45) is 2.33. The van der Waals surface area contributed by atoms with Crippen LogP contribution in [0.2, 0.25) is 5.02 Å². The molecule has 0 aliphatic carbocycles. The molecule has 0 spiro atoms. The molecule has 27 heavy (non-hydrogen) atoms. The molecule has 2 aliphatic rings. The van der Waals surface area contributed by atoms with Crippen molar-refractivity contribution in [2.75, 3.05) is 26.3 Å². The smallest absolute Gasteiger partial charge is 0.230 e. The fraction of sp³-hybridized carbons (Fsp3) is 0.409. The van der Waals surface area contributed by atoms with E-state index < -0.39 is 5.41 Å². The highest BCUT2D eigenvalue weighted by Gasteiger charge is 2.43. The summed E-state index contributed by atoms with van der Waals surface area (Å²) in [7, 11) is 0. The SMILES string of the molecule is O=C(NCC1NCCc2ccccc21)C1(c2ccccc2Cl)CCOCC1. The van der Waals surface area contributed by atoms with Crippen LogP contribution in [0.5, 0.6) is 0 Å². The lowest BCUT2D eigenvalue weighted by Crippen LogP contribution is -2.50. The average Bonchev–Trinajstić information content (AvgIpc) is 2.72. The van der Waals surface area contributed by atoms with Crippen molar-refractivity contribution < 1.29 is 9.53 Å². The van der Waals surface area contributed by atoms with Crippen LogP contribution in [0.25, 0.3) is 0 Å². The maximum absolute atomic E-state index is 13.4. The molecule has 2 aromatic carbocycles. The van der Waals surface area contributed by atoms with Crippen molar-refractivity contribution in [1.29, 1.82) is 0 Å². The molecule has 4 nitrogen and oxygen atoms in total. The van der Waals surface area contributed by atoms with Gasteiger partial charge in [-0.15, -0.1) is 0 Å². The number of benzene rings is 2. The van der Waals surface area contributed by atoms with E-state index in [0.717, 1.165) is 18.5 Å². The summed E-state index contributed by atoms with van der Waals surface area (Å²) in [5.41, 5.74) is 2.93. The quantitative estimate of drug-likeness (QED) is 0.849. The Hall–Kier alpha value is -1.88. The number of hydrogen-bond donors (Lipinski definition) is 2. The van der Waals surface area contributed by atoms with Gasteiger partial charge in [-0.05, 0) is 48.6 Å². The van der Waals surface area contributed by atoms with Gasteiger partial charge in [0.2, 0.25) is 5.91 Å². The van der Waals surface area contributed by atoms with Crippen molar-refractivity contribution in [3.05, 3.63) is 70.2 Å². The van der Waals surface area contributed by atoms with Gasteiger partial charge >= 0.3 is 0 Å². The molecule has 2 aromatic rings. The van der Waals surface area contributed by atoms with Gasteiger partial charge < -0.3 is 15.4 Å². The number of carbonyl (C=O) groups excluding carboxylic acids is 1. The minimum absolute atomic E-state index is 0.0451. The Bertz CT molecular complexity index is 817. The molecule has 2 aliphatic heterocycles. The van der Waals surface area contributed by atoms with Crippen molar-refractivity contribution in [2.24, 2.45) is 0 Å². The Morgan fingerprint density at radius 2 is 1.89 bits per heavy atom. The molecule has 1 amide bonds. The van der Waals surface area contributed by atoms with Gasteiger partial charge in [0.25, 0.3) is 0 Å². The van der Waals surface area contributed by atoms with Crippen LogP contribution in [0, 0.1) is 0 Å². The van der Waals surface area contributed by atoms with Crippen LogP contribution in [0.1, 0.15) is 35.6 Å². The van der Waals surface area contributed by atoms with Crippen LogP contribution < -0.4 is 10.6 Å². The Balaban J connectivity index is 1.55. The Morgan fingerprint density at radius 1 is 1.15 bits per heavy atom. The maximum atomic E-state index is 13.4. The highest BCUT2D eigenvalue weighted by Crippen LogP contribution is 2.39. The molecule has 2 heterocycles. The standard InChI is InChI=1S/C22H25ClN2O2/c23-19-8-4-3-7-18(19)22(10-13-27-14-11-22)21(26)25-15-20-17-6-2-1-5-16(17)9-12-24-20/h1-8,20,24H,9-15H2,(H,25,26). The van der Waals surface area contributed by atoms with E-state index in [1.54, 1.807) is 0 Å². The van der Waals surface area contributed by atoms with Gasteiger partial charge in [-0.1, -0.05) is 54.1 Å². The van der Waals surface area contributed by atoms with E-state index in [1.807, 2.05) is 24.3 Å². The first-order valence-electron chi connectivity index (χ1n) is 9.63. The molecule has 1 atom stereocenters. The summed E-state index contributed by atoms with van der Waals surface area (Å²) in [6, 6.07) is 16.3. The van der Waals surface area contributed by atoms with E-state index >= 15 is 0 Å².